The molecule has 3 N–H and O–H groups in total. The second-order valence-electron chi connectivity index (χ2n) is 4.31. The van der Waals surface area contributed by atoms with E-state index in [2.05, 4.69) is 10.6 Å². The predicted octanol–water partition coefficient (Wildman–Crippen LogP) is 1.98. The van der Waals surface area contributed by atoms with Crippen LogP contribution in [-0.2, 0) is 0 Å². The quantitative estimate of drug-likeness (QED) is 0.750. The number of hydrogen-bond acceptors (Lipinski definition) is 3. The van der Waals surface area contributed by atoms with Crippen LogP contribution in [0.2, 0.25) is 0 Å². The molecule has 1 aromatic rings. The third kappa shape index (κ3) is 5.05. The number of urea groups is 1. The minimum absolute atomic E-state index is 0.0803. The number of rotatable bonds is 5. The van der Waals surface area contributed by atoms with Crippen molar-refractivity contribution >= 4 is 11.7 Å². The van der Waals surface area contributed by atoms with Crippen LogP contribution in [0.3, 0.4) is 0 Å². The average molecular weight is 252 g/mol. The summed E-state index contributed by atoms with van der Waals surface area (Å²) >= 11 is 0. The fourth-order valence-corrected chi connectivity index (χ4v) is 1.64. The zero-order chi connectivity index (χ0) is 13.5. The molecule has 0 saturated carbocycles. The Kier molecular flexibility index (Phi) is 5.45. The third-order valence-electron chi connectivity index (χ3n) is 2.42. The Hall–Kier alpha value is -1.75. The minimum atomic E-state index is -0.429. The van der Waals surface area contributed by atoms with Crippen molar-refractivity contribution < 1.29 is 14.6 Å². The number of carbonyl (C=O) groups excluding carboxylic acids is 1. The molecule has 0 aliphatic heterocycles. The molecule has 18 heavy (non-hydrogen) atoms. The maximum absolute atomic E-state index is 11.6. The predicted molar refractivity (Wildman–Crippen MR) is 70.9 cm³/mol. The number of benzene rings is 1. The van der Waals surface area contributed by atoms with E-state index in [1.54, 1.807) is 38.3 Å². The maximum atomic E-state index is 11.6. The summed E-state index contributed by atoms with van der Waals surface area (Å²) in [6.07, 6.45) is 0.0945. The van der Waals surface area contributed by atoms with Crippen molar-refractivity contribution in [2.24, 2.45) is 0 Å². The van der Waals surface area contributed by atoms with Crippen molar-refractivity contribution in [1.29, 1.82) is 0 Å². The molecule has 0 fully saturated rings. The molecule has 0 aromatic heterocycles. The monoisotopic (exact) mass is 252 g/mol. The first-order chi connectivity index (χ1) is 8.51. The van der Waals surface area contributed by atoms with Gasteiger partial charge < -0.3 is 20.5 Å². The summed E-state index contributed by atoms with van der Waals surface area (Å²) in [5.74, 6) is 0.739. The maximum Gasteiger partial charge on any atom is 0.319 e. The first-order valence-electron chi connectivity index (χ1n) is 5.91. The summed E-state index contributed by atoms with van der Waals surface area (Å²) in [7, 11) is 1.59. The number of methoxy groups -OCH3 is 1. The van der Waals surface area contributed by atoms with Gasteiger partial charge in [-0.2, -0.15) is 0 Å². The minimum Gasteiger partial charge on any atom is -0.497 e. The standard InChI is InChI=1S/C13H20N2O3/c1-9(8-10(2)16)14-13(17)15-11-4-6-12(18-3)7-5-11/h4-7,9-10,16H,8H2,1-3H3,(H2,14,15,17). The highest BCUT2D eigenvalue weighted by molar-refractivity contribution is 5.89. The van der Waals surface area contributed by atoms with Crippen molar-refractivity contribution in [3.8, 4) is 5.75 Å². The molecule has 1 rings (SSSR count). The van der Waals surface area contributed by atoms with E-state index in [-0.39, 0.29) is 12.1 Å². The fourth-order valence-electron chi connectivity index (χ4n) is 1.64. The van der Waals surface area contributed by atoms with E-state index in [1.165, 1.54) is 0 Å². The van der Waals surface area contributed by atoms with E-state index >= 15 is 0 Å². The van der Waals surface area contributed by atoms with Crippen LogP contribution in [0, 0.1) is 0 Å². The van der Waals surface area contributed by atoms with Gasteiger partial charge in [-0.1, -0.05) is 0 Å². The fraction of sp³-hybridized carbons (Fsp3) is 0.462. The van der Waals surface area contributed by atoms with Crippen LogP contribution in [0.25, 0.3) is 0 Å². The smallest absolute Gasteiger partial charge is 0.319 e. The molecule has 0 aliphatic carbocycles. The van der Waals surface area contributed by atoms with Crippen molar-refractivity contribution in [2.45, 2.75) is 32.4 Å². The Morgan fingerprint density at radius 2 is 1.94 bits per heavy atom. The molecule has 2 atom stereocenters. The summed E-state index contributed by atoms with van der Waals surface area (Å²) in [4.78, 5) is 11.6. The molecule has 5 heteroatoms. The van der Waals surface area contributed by atoms with Crippen molar-refractivity contribution in [3.63, 3.8) is 0 Å². The number of amides is 2. The molecule has 0 spiro atoms. The van der Waals surface area contributed by atoms with Crippen LogP contribution >= 0.6 is 0 Å². The second kappa shape index (κ2) is 6.86. The number of aliphatic hydroxyl groups excluding tert-OH is 1. The van der Waals surface area contributed by atoms with Gasteiger partial charge in [0, 0.05) is 11.7 Å². The topological polar surface area (TPSA) is 70.6 Å². The number of aliphatic hydroxyl groups is 1. The molecular weight excluding hydrogens is 232 g/mol. The van der Waals surface area contributed by atoms with Gasteiger partial charge in [0.1, 0.15) is 5.75 Å². The Bertz CT molecular complexity index is 376. The Balaban J connectivity index is 2.43. The molecular formula is C13H20N2O3. The zero-order valence-electron chi connectivity index (χ0n) is 10.9. The molecule has 0 bridgehead atoms. The average Bonchev–Trinajstić information content (AvgIpc) is 2.28. The molecule has 5 nitrogen and oxygen atoms in total. The highest BCUT2D eigenvalue weighted by atomic mass is 16.5. The van der Waals surface area contributed by atoms with Gasteiger partial charge in [0.15, 0.2) is 0 Å². The Morgan fingerprint density at radius 3 is 2.44 bits per heavy atom. The van der Waals surface area contributed by atoms with Gasteiger partial charge in [-0.3, -0.25) is 0 Å². The van der Waals surface area contributed by atoms with Gasteiger partial charge in [-0.15, -0.1) is 0 Å². The molecule has 1 aromatic carbocycles. The number of hydrogen-bond donors (Lipinski definition) is 3. The van der Waals surface area contributed by atoms with Crippen LogP contribution in [0.5, 0.6) is 5.75 Å². The largest absolute Gasteiger partial charge is 0.497 e. The lowest BCUT2D eigenvalue weighted by molar-refractivity contribution is 0.171. The Morgan fingerprint density at radius 1 is 1.33 bits per heavy atom. The second-order valence-corrected chi connectivity index (χ2v) is 4.31. The van der Waals surface area contributed by atoms with E-state index < -0.39 is 6.10 Å². The summed E-state index contributed by atoms with van der Waals surface area (Å²) in [6, 6.07) is 6.70. The number of carbonyl (C=O) groups is 1. The zero-order valence-corrected chi connectivity index (χ0v) is 10.9. The van der Waals surface area contributed by atoms with E-state index in [0.717, 1.165) is 5.75 Å². The SMILES string of the molecule is COc1ccc(NC(=O)NC(C)CC(C)O)cc1. The molecule has 0 radical (unpaired) electrons. The van der Waals surface area contributed by atoms with Crippen LogP contribution in [0.1, 0.15) is 20.3 Å². The normalized spacial score (nSPS) is 13.6. The summed E-state index contributed by atoms with van der Waals surface area (Å²) in [6.45, 7) is 3.54. The van der Waals surface area contributed by atoms with Gasteiger partial charge in [0.25, 0.3) is 0 Å². The van der Waals surface area contributed by atoms with E-state index in [1.807, 2.05) is 6.92 Å². The number of ether oxygens (including phenoxy) is 1. The van der Waals surface area contributed by atoms with Crippen LogP contribution < -0.4 is 15.4 Å². The van der Waals surface area contributed by atoms with Gasteiger partial charge in [-0.25, -0.2) is 4.79 Å². The molecule has 0 heterocycles. The van der Waals surface area contributed by atoms with Crippen LogP contribution in [0.4, 0.5) is 10.5 Å². The van der Waals surface area contributed by atoms with Crippen LogP contribution in [-0.4, -0.2) is 30.4 Å². The summed E-state index contributed by atoms with van der Waals surface area (Å²) in [5, 5.41) is 14.7. The van der Waals surface area contributed by atoms with E-state index in [9.17, 15) is 9.90 Å². The van der Waals surface area contributed by atoms with E-state index in [0.29, 0.717) is 12.1 Å². The first kappa shape index (κ1) is 14.3. The Labute approximate surface area is 107 Å². The van der Waals surface area contributed by atoms with Crippen molar-refractivity contribution in [2.75, 3.05) is 12.4 Å². The van der Waals surface area contributed by atoms with Crippen molar-refractivity contribution in [3.05, 3.63) is 24.3 Å². The lowest BCUT2D eigenvalue weighted by Crippen LogP contribution is -2.37. The summed E-state index contributed by atoms with van der Waals surface area (Å²) in [5.41, 5.74) is 0.692. The number of nitrogens with one attached hydrogen (secondary N) is 2. The highest BCUT2D eigenvalue weighted by Crippen LogP contribution is 2.14. The van der Waals surface area contributed by atoms with Gasteiger partial charge in [0.2, 0.25) is 0 Å². The van der Waals surface area contributed by atoms with Crippen LogP contribution in [0.15, 0.2) is 24.3 Å². The van der Waals surface area contributed by atoms with Gasteiger partial charge >= 0.3 is 6.03 Å². The van der Waals surface area contributed by atoms with E-state index in [4.69, 9.17) is 4.74 Å². The van der Waals surface area contributed by atoms with Crippen molar-refractivity contribution in [1.82, 2.24) is 5.32 Å². The molecule has 0 saturated heterocycles. The molecule has 2 amide bonds. The number of anilines is 1. The molecule has 0 aliphatic rings. The van der Waals surface area contributed by atoms with Gasteiger partial charge in [0.05, 0.1) is 13.2 Å². The highest BCUT2D eigenvalue weighted by Gasteiger charge is 2.09. The molecule has 100 valence electrons. The summed E-state index contributed by atoms with van der Waals surface area (Å²) < 4.78 is 5.03. The lowest BCUT2D eigenvalue weighted by Gasteiger charge is -2.16. The third-order valence-corrected chi connectivity index (χ3v) is 2.42. The lowest BCUT2D eigenvalue weighted by atomic mass is 10.2. The molecule has 2 unspecified atom stereocenters. The first-order valence-corrected chi connectivity index (χ1v) is 5.91. The van der Waals surface area contributed by atoms with Gasteiger partial charge in [-0.05, 0) is 44.5 Å².